The molecule has 0 radical (unpaired) electrons. The van der Waals surface area contributed by atoms with E-state index in [1.54, 1.807) is 49.4 Å². The highest BCUT2D eigenvalue weighted by atomic mass is 35.5. The topological polar surface area (TPSA) is 137 Å². The third kappa shape index (κ3) is 5.53. The van der Waals surface area contributed by atoms with Crippen LogP contribution in [-0.2, 0) is 15.8 Å². The zero-order chi connectivity index (χ0) is 34.0. The number of aryl methyl sites for hydroxylation is 1. The molecule has 7 rings (SSSR count). The summed E-state index contributed by atoms with van der Waals surface area (Å²) in [7, 11) is 0. The molecule has 246 valence electrons. The summed E-state index contributed by atoms with van der Waals surface area (Å²) >= 11 is 7.48. The monoisotopic (exact) mass is 690 g/mol. The lowest BCUT2D eigenvalue weighted by molar-refractivity contribution is -0.123. The maximum atomic E-state index is 15.3. The van der Waals surface area contributed by atoms with Crippen molar-refractivity contribution < 1.29 is 33.0 Å². The Morgan fingerprint density at radius 1 is 1.15 bits per heavy atom. The molecule has 0 bridgehead atoms. The third-order valence-corrected chi connectivity index (χ3v) is 9.92. The Labute approximate surface area is 282 Å². The number of pyridine rings is 1. The normalized spacial score (nSPS) is 18.2. The van der Waals surface area contributed by atoms with E-state index in [1.807, 2.05) is 6.92 Å². The number of rotatable bonds is 9. The first kappa shape index (κ1) is 31.9. The molecule has 3 heterocycles. The van der Waals surface area contributed by atoms with Gasteiger partial charge in [0.25, 0.3) is 5.91 Å². The van der Waals surface area contributed by atoms with E-state index in [9.17, 15) is 19.1 Å². The van der Waals surface area contributed by atoms with Gasteiger partial charge in [-0.15, -0.1) is 11.3 Å². The van der Waals surface area contributed by atoms with Gasteiger partial charge in [-0.05, 0) is 56.5 Å². The quantitative estimate of drug-likeness (QED) is 0.163. The number of ether oxygens (including phenoxy) is 2. The maximum absolute atomic E-state index is 15.3. The van der Waals surface area contributed by atoms with Gasteiger partial charge in [0.15, 0.2) is 0 Å². The molecule has 2 atom stereocenters. The van der Waals surface area contributed by atoms with E-state index in [4.69, 9.17) is 26.8 Å². The van der Waals surface area contributed by atoms with Gasteiger partial charge in [0.05, 0.1) is 33.1 Å². The molecule has 5 aromatic rings. The van der Waals surface area contributed by atoms with Crippen molar-refractivity contribution in [1.82, 2.24) is 15.3 Å². The minimum absolute atomic E-state index is 0.0393. The van der Waals surface area contributed by atoms with Gasteiger partial charge in [-0.2, -0.15) is 0 Å². The number of nitrogens with zero attached hydrogens (tertiary/aromatic N) is 2. The molecule has 2 aromatic heterocycles. The first-order chi connectivity index (χ1) is 22.9. The number of thiazole rings is 1. The highest BCUT2D eigenvalue weighted by molar-refractivity contribution is 7.18. The molecule has 0 spiro atoms. The number of nitrogens with one attached hydrogen (secondary N) is 1. The number of hydrogen-bond donors (Lipinski definition) is 3. The number of aromatic nitrogens is 2. The molecule has 2 aliphatic rings. The maximum Gasteiger partial charge on any atom is 0.251 e. The number of carbonyl (C=O) groups is 2. The van der Waals surface area contributed by atoms with Gasteiger partial charge in [-0.3, -0.25) is 9.59 Å². The summed E-state index contributed by atoms with van der Waals surface area (Å²) in [6.45, 7) is 2.87. The van der Waals surface area contributed by atoms with Gasteiger partial charge in [0.2, 0.25) is 5.91 Å². The molecule has 4 N–H and O–H groups in total. The number of primary amides is 1. The van der Waals surface area contributed by atoms with Crippen LogP contribution < -0.4 is 20.5 Å². The molecule has 1 aliphatic carbocycles. The van der Waals surface area contributed by atoms with Crippen LogP contribution in [0.4, 0.5) is 8.78 Å². The molecule has 3 aromatic carbocycles. The highest BCUT2D eigenvalue weighted by Gasteiger charge is 2.46. The fourth-order valence-corrected chi connectivity index (χ4v) is 6.79. The summed E-state index contributed by atoms with van der Waals surface area (Å²) in [5, 5.41) is 15.8. The number of carbonyl (C=O) groups excluding carboxylic acids is 2. The standard InChI is InChI=1S/C35H29ClF2N4O5S/c1-17-41-30-26(47-20-8-9-20)10-18(11-27(30)48-17)32(43)40-15-35(45,19-6-4-3-5-7-19)28-13-22-31(46-16-34(22,2)33(39)44)29(42-28)21-12-23(36)25(38)14-24(21)37/h3-7,10-14,20,45H,8-9,15-16H2,1-2H3,(H2,39,44)(H,40,43)/t34-,35+/m0/s1. The van der Waals surface area contributed by atoms with Crippen LogP contribution in [0.3, 0.4) is 0 Å². The van der Waals surface area contributed by atoms with Crippen LogP contribution in [0.5, 0.6) is 11.5 Å². The summed E-state index contributed by atoms with van der Waals surface area (Å²) in [6.07, 6.45) is 1.93. The molecule has 1 fully saturated rings. The molecule has 13 heteroatoms. The van der Waals surface area contributed by atoms with Crippen molar-refractivity contribution in [3.63, 3.8) is 0 Å². The van der Waals surface area contributed by atoms with E-state index in [2.05, 4.69) is 15.3 Å². The van der Waals surface area contributed by atoms with Gasteiger partial charge in [0, 0.05) is 22.8 Å². The average Bonchev–Trinajstić information content (AvgIpc) is 3.70. The van der Waals surface area contributed by atoms with E-state index in [0.717, 1.165) is 28.6 Å². The number of aliphatic hydroxyl groups is 1. The second kappa shape index (κ2) is 11.8. The number of benzene rings is 3. The van der Waals surface area contributed by atoms with Crippen molar-refractivity contribution in [1.29, 1.82) is 0 Å². The Hall–Kier alpha value is -4.65. The Kier molecular flexibility index (Phi) is 7.85. The van der Waals surface area contributed by atoms with E-state index in [-0.39, 0.29) is 52.5 Å². The fourth-order valence-electron chi connectivity index (χ4n) is 5.75. The molecule has 1 aliphatic heterocycles. The van der Waals surface area contributed by atoms with E-state index in [0.29, 0.717) is 28.5 Å². The molecular formula is C35H29ClF2N4O5S. The Morgan fingerprint density at radius 3 is 2.60 bits per heavy atom. The molecule has 9 nitrogen and oxygen atoms in total. The lowest BCUT2D eigenvalue weighted by atomic mass is 9.80. The fraction of sp³-hybridized carbons (Fsp3) is 0.257. The number of hydrogen-bond acceptors (Lipinski definition) is 8. The summed E-state index contributed by atoms with van der Waals surface area (Å²) in [6, 6.07) is 15.0. The largest absolute Gasteiger partial charge is 0.489 e. The van der Waals surface area contributed by atoms with Crippen molar-refractivity contribution in [2.45, 2.75) is 43.8 Å². The highest BCUT2D eigenvalue weighted by Crippen LogP contribution is 2.47. The van der Waals surface area contributed by atoms with Gasteiger partial charge >= 0.3 is 0 Å². The lowest BCUT2D eigenvalue weighted by Gasteiger charge is -2.30. The first-order valence-corrected chi connectivity index (χ1v) is 16.3. The predicted octanol–water partition coefficient (Wildman–Crippen LogP) is 5.94. The van der Waals surface area contributed by atoms with Gasteiger partial charge in [-0.1, -0.05) is 41.9 Å². The zero-order valence-electron chi connectivity index (χ0n) is 25.8. The van der Waals surface area contributed by atoms with Crippen LogP contribution in [0, 0.1) is 18.6 Å². The van der Waals surface area contributed by atoms with Crippen LogP contribution in [0.25, 0.3) is 21.5 Å². The van der Waals surface area contributed by atoms with Gasteiger partial charge < -0.3 is 25.6 Å². The summed E-state index contributed by atoms with van der Waals surface area (Å²) < 4.78 is 42.2. The van der Waals surface area contributed by atoms with Crippen LogP contribution >= 0.6 is 22.9 Å². The predicted molar refractivity (Wildman–Crippen MR) is 176 cm³/mol. The average molecular weight is 691 g/mol. The number of nitrogens with two attached hydrogens (primary N) is 1. The third-order valence-electron chi connectivity index (χ3n) is 8.71. The second-order valence-electron chi connectivity index (χ2n) is 12.2. The van der Waals surface area contributed by atoms with E-state index in [1.165, 1.54) is 17.4 Å². The SMILES string of the molecule is Cc1nc2c(OC3CC3)cc(C(=O)NC[C@@](O)(c3ccccc3)c3cc4c(c(-c5cc(Cl)c(F)cc5F)n3)OC[C@]4(C)C(N)=O)cc2s1. The summed E-state index contributed by atoms with van der Waals surface area (Å²) in [5.74, 6) is -2.64. The van der Waals surface area contributed by atoms with Gasteiger partial charge in [-0.25, -0.2) is 18.7 Å². The molecule has 48 heavy (non-hydrogen) atoms. The van der Waals surface area contributed by atoms with Crippen LogP contribution in [-0.4, -0.2) is 46.1 Å². The van der Waals surface area contributed by atoms with Gasteiger partial charge in [0.1, 0.15) is 52.0 Å². The lowest BCUT2D eigenvalue weighted by Crippen LogP contribution is -2.43. The van der Waals surface area contributed by atoms with E-state index < -0.39 is 34.5 Å². The first-order valence-electron chi connectivity index (χ1n) is 15.1. The summed E-state index contributed by atoms with van der Waals surface area (Å²) in [4.78, 5) is 35.7. The number of halogens is 3. The number of fused-ring (bicyclic) bond motifs is 2. The molecule has 1 saturated carbocycles. The second-order valence-corrected chi connectivity index (χ2v) is 13.9. The smallest absolute Gasteiger partial charge is 0.251 e. The molecule has 0 saturated heterocycles. The number of amides is 2. The van der Waals surface area contributed by atoms with Crippen LogP contribution in [0.15, 0.2) is 60.7 Å². The van der Waals surface area contributed by atoms with Crippen molar-refractivity contribution in [2.24, 2.45) is 5.73 Å². The van der Waals surface area contributed by atoms with E-state index >= 15 is 4.39 Å². The zero-order valence-corrected chi connectivity index (χ0v) is 27.3. The summed E-state index contributed by atoms with van der Waals surface area (Å²) in [5.41, 5.74) is 3.57. The Bertz CT molecular complexity index is 2130. The van der Waals surface area contributed by atoms with Crippen LogP contribution in [0.1, 0.15) is 52.0 Å². The van der Waals surface area contributed by atoms with Crippen molar-refractivity contribution in [2.75, 3.05) is 13.2 Å². The molecular weight excluding hydrogens is 662 g/mol. The van der Waals surface area contributed by atoms with Crippen molar-refractivity contribution in [3.05, 3.63) is 105 Å². The van der Waals surface area contributed by atoms with Crippen molar-refractivity contribution >= 4 is 45.0 Å². The van der Waals surface area contributed by atoms with Crippen molar-refractivity contribution in [3.8, 4) is 22.8 Å². The molecule has 2 amide bonds. The molecule has 0 unspecified atom stereocenters. The minimum atomic E-state index is -2.03. The van der Waals surface area contributed by atoms with Crippen LogP contribution in [0.2, 0.25) is 5.02 Å². The Balaban J connectivity index is 1.34. The minimum Gasteiger partial charge on any atom is -0.489 e. The Morgan fingerprint density at radius 2 is 1.90 bits per heavy atom.